The molecule has 2 aromatic rings. The summed E-state index contributed by atoms with van der Waals surface area (Å²) >= 11 is 11.5. The predicted molar refractivity (Wildman–Crippen MR) is 75.5 cm³/mol. The Kier molecular flexibility index (Phi) is 4.62. The van der Waals surface area contributed by atoms with Crippen molar-refractivity contribution < 1.29 is 19.2 Å². The van der Waals surface area contributed by atoms with E-state index in [1.165, 1.54) is 12.1 Å². The molecule has 0 spiro atoms. The van der Waals surface area contributed by atoms with E-state index in [9.17, 15) is 19.6 Å². The van der Waals surface area contributed by atoms with Crippen LogP contribution in [0.1, 0.15) is 5.56 Å². The highest BCUT2D eigenvalue weighted by atomic mass is 35.5. The van der Waals surface area contributed by atoms with E-state index in [4.69, 9.17) is 27.9 Å². The molecule has 0 saturated carbocycles. The van der Waals surface area contributed by atoms with Gasteiger partial charge in [-0.15, -0.1) is 0 Å². The molecule has 0 atom stereocenters. The van der Waals surface area contributed by atoms with E-state index >= 15 is 0 Å². The highest BCUT2D eigenvalue weighted by Gasteiger charge is 2.20. The van der Waals surface area contributed by atoms with Crippen LogP contribution in [0.15, 0.2) is 30.3 Å². The lowest BCUT2D eigenvalue weighted by atomic mass is 10.2. The highest BCUT2D eigenvalue weighted by Crippen LogP contribution is 2.38. The Bertz CT molecular complexity index is 709. The van der Waals surface area contributed by atoms with Gasteiger partial charge in [0.2, 0.25) is 5.75 Å². The Morgan fingerprint density at radius 3 is 2.48 bits per heavy atom. The zero-order valence-electron chi connectivity index (χ0n) is 10.3. The second kappa shape index (κ2) is 6.26. The van der Waals surface area contributed by atoms with Crippen molar-refractivity contribution in [2.45, 2.75) is 6.61 Å². The van der Waals surface area contributed by atoms with E-state index in [1.807, 2.05) is 0 Å². The second-order valence-corrected chi connectivity index (χ2v) is 4.82. The number of benzene rings is 2. The van der Waals surface area contributed by atoms with Crippen LogP contribution in [0, 0.1) is 15.9 Å². The fourth-order valence-electron chi connectivity index (χ4n) is 1.63. The number of nitro groups is 1. The summed E-state index contributed by atoms with van der Waals surface area (Å²) in [5.74, 6) is -0.633. The minimum absolute atomic E-state index is 0.0113. The largest absolute Gasteiger partial charge is 0.450 e. The van der Waals surface area contributed by atoms with E-state index in [1.54, 1.807) is 0 Å². The van der Waals surface area contributed by atoms with Gasteiger partial charge in [0.05, 0.1) is 21.6 Å². The molecular formula is C13H8Cl2FNO4. The van der Waals surface area contributed by atoms with Crippen molar-refractivity contribution in [2.75, 3.05) is 0 Å². The Labute approximate surface area is 128 Å². The predicted octanol–water partition coefficient (Wildman–Crippen LogP) is 4.33. The molecule has 0 aromatic heterocycles. The molecule has 110 valence electrons. The van der Waals surface area contributed by atoms with Crippen LogP contribution in [-0.2, 0) is 6.61 Å². The maximum Gasteiger partial charge on any atom is 0.313 e. The molecule has 0 heterocycles. The van der Waals surface area contributed by atoms with E-state index in [-0.39, 0.29) is 27.1 Å². The minimum atomic E-state index is -0.681. The summed E-state index contributed by atoms with van der Waals surface area (Å²) in [5, 5.41) is 20.3. The first-order valence-corrected chi connectivity index (χ1v) is 6.38. The van der Waals surface area contributed by atoms with E-state index in [0.717, 1.165) is 18.2 Å². The summed E-state index contributed by atoms with van der Waals surface area (Å²) in [6.45, 7) is -0.484. The lowest BCUT2D eigenvalue weighted by Gasteiger charge is -2.11. The molecule has 5 nitrogen and oxygen atoms in total. The van der Waals surface area contributed by atoms with Gasteiger partial charge >= 0.3 is 5.69 Å². The van der Waals surface area contributed by atoms with E-state index in [0.29, 0.717) is 0 Å². The first-order valence-electron chi connectivity index (χ1n) is 5.63. The molecule has 0 aliphatic carbocycles. The van der Waals surface area contributed by atoms with E-state index in [2.05, 4.69) is 0 Å². The molecule has 0 unspecified atom stereocenters. The van der Waals surface area contributed by atoms with Crippen molar-refractivity contribution in [1.29, 1.82) is 0 Å². The number of halogens is 3. The third-order valence-corrected chi connectivity index (χ3v) is 3.33. The average Bonchev–Trinajstić information content (AvgIpc) is 2.44. The summed E-state index contributed by atoms with van der Waals surface area (Å²) in [6.07, 6.45) is 0. The van der Waals surface area contributed by atoms with Gasteiger partial charge in [-0.25, -0.2) is 4.39 Å². The number of nitrogens with zero attached hydrogens (tertiary/aromatic N) is 1. The molecule has 2 rings (SSSR count). The van der Waals surface area contributed by atoms with E-state index < -0.39 is 23.0 Å². The first kappa shape index (κ1) is 15.5. The third kappa shape index (κ3) is 3.41. The summed E-state index contributed by atoms with van der Waals surface area (Å²) in [6, 6.07) is 5.68. The number of ether oxygens (including phenoxy) is 1. The number of aliphatic hydroxyl groups is 1. The van der Waals surface area contributed by atoms with Crippen LogP contribution >= 0.6 is 23.2 Å². The van der Waals surface area contributed by atoms with Crippen molar-refractivity contribution >= 4 is 28.9 Å². The van der Waals surface area contributed by atoms with Gasteiger partial charge < -0.3 is 9.84 Å². The van der Waals surface area contributed by atoms with Crippen molar-refractivity contribution in [3.05, 3.63) is 61.9 Å². The maximum absolute atomic E-state index is 13.1. The molecular weight excluding hydrogens is 324 g/mol. The van der Waals surface area contributed by atoms with Gasteiger partial charge in [-0.3, -0.25) is 10.1 Å². The third-order valence-electron chi connectivity index (χ3n) is 2.61. The number of rotatable bonds is 4. The topological polar surface area (TPSA) is 72.6 Å². The van der Waals surface area contributed by atoms with Crippen molar-refractivity contribution in [1.82, 2.24) is 0 Å². The van der Waals surface area contributed by atoms with Gasteiger partial charge in [-0.05, 0) is 18.2 Å². The number of aliphatic hydroxyl groups excluding tert-OH is 1. The Hall–Kier alpha value is -1.89. The standard InChI is InChI=1S/C13H8Cl2FNO4/c14-9-4-11(17(19)20)13(5-10(9)15)21-12-2-1-8(16)3-7(12)6-18/h1-5,18H,6H2. The molecule has 0 saturated heterocycles. The fraction of sp³-hybridized carbons (Fsp3) is 0.0769. The molecule has 8 heteroatoms. The van der Waals surface area contributed by atoms with Crippen LogP contribution in [-0.4, -0.2) is 10.0 Å². The zero-order chi connectivity index (χ0) is 15.6. The molecule has 0 aliphatic heterocycles. The minimum Gasteiger partial charge on any atom is -0.450 e. The van der Waals surface area contributed by atoms with Gasteiger partial charge in [0, 0.05) is 17.7 Å². The van der Waals surface area contributed by atoms with Gasteiger partial charge in [0.15, 0.2) is 0 Å². The summed E-state index contributed by atoms with van der Waals surface area (Å²) in [5.41, 5.74) is -0.243. The Balaban J connectivity index is 2.48. The van der Waals surface area contributed by atoms with Gasteiger partial charge in [-0.1, -0.05) is 23.2 Å². The smallest absolute Gasteiger partial charge is 0.313 e. The van der Waals surface area contributed by atoms with Crippen LogP contribution in [0.5, 0.6) is 11.5 Å². The number of hydrogen-bond donors (Lipinski definition) is 1. The van der Waals surface area contributed by atoms with Crippen molar-refractivity contribution in [3.63, 3.8) is 0 Å². The normalized spacial score (nSPS) is 10.5. The summed E-state index contributed by atoms with van der Waals surface area (Å²) < 4.78 is 18.5. The van der Waals surface area contributed by atoms with Gasteiger partial charge in [0.25, 0.3) is 0 Å². The monoisotopic (exact) mass is 331 g/mol. The van der Waals surface area contributed by atoms with Crippen LogP contribution in [0.2, 0.25) is 10.0 Å². The number of nitro benzene ring substituents is 1. The fourth-order valence-corrected chi connectivity index (χ4v) is 1.94. The second-order valence-electron chi connectivity index (χ2n) is 4.00. The molecule has 0 radical (unpaired) electrons. The SMILES string of the molecule is O=[N+]([O-])c1cc(Cl)c(Cl)cc1Oc1ccc(F)cc1CO. The van der Waals surface area contributed by atoms with Gasteiger partial charge in [-0.2, -0.15) is 0 Å². The van der Waals surface area contributed by atoms with Crippen molar-refractivity contribution in [3.8, 4) is 11.5 Å². The highest BCUT2D eigenvalue weighted by molar-refractivity contribution is 6.42. The molecule has 1 N–H and O–H groups in total. The number of hydrogen-bond acceptors (Lipinski definition) is 4. The van der Waals surface area contributed by atoms with Crippen LogP contribution in [0.25, 0.3) is 0 Å². The molecule has 0 aliphatic rings. The lowest BCUT2D eigenvalue weighted by molar-refractivity contribution is -0.385. The molecule has 2 aromatic carbocycles. The van der Waals surface area contributed by atoms with Crippen molar-refractivity contribution in [2.24, 2.45) is 0 Å². The van der Waals surface area contributed by atoms with Crippen LogP contribution in [0.4, 0.5) is 10.1 Å². The quantitative estimate of drug-likeness (QED) is 0.668. The summed E-state index contributed by atoms with van der Waals surface area (Å²) in [7, 11) is 0. The average molecular weight is 332 g/mol. The lowest BCUT2D eigenvalue weighted by Crippen LogP contribution is -1.97. The molecule has 21 heavy (non-hydrogen) atoms. The first-order chi connectivity index (χ1) is 9.92. The maximum atomic E-state index is 13.1. The Morgan fingerprint density at radius 1 is 1.19 bits per heavy atom. The van der Waals surface area contributed by atoms with Crippen LogP contribution < -0.4 is 4.74 Å². The summed E-state index contributed by atoms with van der Waals surface area (Å²) in [4.78, 5) is 10.3. The molecule has 0 bridgehead atoms. The molecule has 0 fully saturated rings. The van der Waals surface area contributed by atoms with Gasteiger partial charge in [0.1, 0.15) is 11.6 Å². The van der Waals surface area contributed by atoms with Crippen LogP contribution in [0.3, 0.4) is 0 Å². The molecule has 0 amide bonds. The zero-order valence-corrected chi connectivity index (χ0v) is 11.9. The Morgan fingerprint density at radius 2 is 1.86 bits per heavy atom.